The van der Waals surface area contributed by atoms with Crippen LogP contribution in [0.1, 0.15) is 35.3 Å². The summed E-state index contributed by atoms with van der Waals surface area (Å²) in [7, 11) is 0. The van der Waals surface area contributed by atoms with Crippen molar-refractivity contribution in [1.82, 2.24) is 0 Å². The molecular formula is C26H25FO4. The van der Waals surface area contributed by atoms with Gasteiger partial charge in [-0.3, -0.25) is 4.79 Å². The molecule has 0 saturated carbocycles. The Kier molecular flexibility index (Phi) is 7.82. The topological polar surface area (TPSA) is 44.8 Å². The molecule has 3 aromatic carbocycles. The Bertz CT molecular complexity index is 1040. The Morgan fingerprint density at radius 2 is 1.61 bits per heavy atom. The predicted octanol–water partition coefficient (Wildman–Crippen LogP) is 6.10. The van der Waals surface area contributed by atoms with E-state index < -0.39 is 0 Å². The number of halogens is 1. The summed E-state index contributed by atoms with van der Waals surface area (Å²) in [5.74, 6) is 1.53. The highest BCUT2D eigenvalue weighted by Crippen LogP contribution is 2.29. The van der Waals surface area contributed by atoms with Gasteiger partial charge in [-0.05, 0) is 79.6 Å². The Hall–Kier alpha value is -3.60. The third kappa shape index (κ3) is 6.44. The highest BCUT2D eigenvalue weighted by Gasteiger charge is 2.07. The van der Waals surface area contributed by atoms with Gasteiger partial charge in [0.05, 0.1) is 13.2 Å². The standard InChI is InChI=1S/C26H25FO4/c1-3-29-25-15-9-20(17-26(25)30-4-2)18-31-23-7-5-6-19(16-23)8-14-24(28)21-10-12-22(27)13-11-21/h5-17H,3-4,18H2,1-2H3/b14-8+. The molecule has 0 heterocycles. The fourth-order valence-corrected chi connectivity index (χ4v) is 2.94. The molecule has 0 aromatic heterocycles. The van der Waals surface area contributed by atoms with Gasteiger partial charge in [0, 0.05) is 5.56 Å². The molecule has 0 aliphatic rings. The first-order valence-corrected chi connectivity index (χ1v) is 10.2. The number of hydrogen-bond donors (Lipinski definition) is 0. The largest absolute Gasteiger partial charge is 0.490 e. The van der Waals surface area contributed by atoms with Crippen LogP contribution in [-0.2, 0) is 6.61 Å². The first-order valence-electron chi connectivity index (χ1n) is 10.2. The molecule has 160 valence electrons. The van der Waals surface area contributed by atoms with Crippen LogP contribution in [0.4, 0.5) is 4.39 Å². The van der Waals surface area contributed by atoms with Crippen LogP contribution in [0.2, 0.25) is 0 Å². The van der Waals surface area contributed by atoms with E-state index in [2.05, 4.69) is 0 Å². The highest BCUT2D eigenvalue weighted by molar-refractivity contribution is 6.06. The number of carbonyl (C=O) groups is 1. The van der Waals surface area contributed by atoms with Crippen LogP contribution in [0.3, 0.4) is 0 Å². The van der Waals surface area contributed by atoms with Crippen LogP contribution in [0, 0.1) is 5.82 Å². The third-order valence-electron chi connectivity index (χ3n) is 4.43. The lowest BCUT2D eigenvalue weighted by Gasteiger charge is -2.13. The molecule has 0 atom stereocenters. The van der Waals surface area contributed by atoms with Crippen molar-refractivity contribution in [3.05, 3.63) is 95.3 Å². The van der Waals surface area contributed by atoms with Crippen LogP contribution >= 0.6 is 0 Å². The maximum Gasteiger partial charge on any atom is 0.185 e. The third-order valence-corrected chi connectivity index (χ3v) is 4.43. The molecule has 0 spiro atoms. The van der Waals surface area contributed by atoms with Gasteiger partial charge in [-0.25, -0.2) is 4.39 Å². The zero-order valence-corrected chi connectivity index (χ0v) is 17.6. The number of rotatable bonds is 10. The van der Waals surface area contributed by atoms with Crippen molar-refractivity contribution in [2.75, 3.05) is 13.2 Å². The summed E-state index contributed by atoms with van der Waals surface area (Å²) in [6, 6.07) is 18.7. The minimum atomic E-state index is -0.369. The zero-order chi connectivity index (χ0) is 22.1. The molecule has 0 N–H and O–H groups in total. The van der Waals surface area contributed by atoms with Gasteiger partial charge in [-0.1, -0.05) is 24.3 Å². The van der Waals surface area contributed by atoms with Gasteiger partial charge in [-0.2, -0.15) is 0 Å². The van der Waals surface area contributed by atoms with Crippen LogP contribution < -0.4 is 14.2 Å². The number of benzene rings is 3. The summed E-state index contributed by atoms with van der Waals surface area (Å²) in [5, 5.41) is 0. The van der Waals surface area contributed by atoms with Gasteiger partial charge in [-0.15, -0.1) is 0 Å². The fourth-order valence-electron chi connectivity index (χ4n) is 2.94. The van der Waals surface area contributed by atoms with Crippen molar-refractivity contribution in [2.24, 2.45) is 0 Å². The fraction of sp³-hybridized carbons (Fsp3) is 0.192. The van der Waals surface area contributed by atoms with E-state index in [1.165, 1.54) is 30.3 Å². The lowest BCUT2D eigenvalue weighted by molar-refractivity contribution is 0.104. The van der Waals surface area contributed by atoms with Crippen molar-refractivity contribution < 1.29 is 23.4 Å². The molecule has 0 fully saturated rings. The summed E-state index contributed by atoms with van der Waals surface area (Å²) in [6.07, 6.45) is 3.18. The average Bonchev–Trinajstić information content (AvgIpc) is 2.78. The van der Waals surface area contributed by atoms with E-state index in [4.69, 9.17) is 14.2 Å². The van der Waals surface area contributed by atoms with Crippen LogP contribution in [-0.4, -0.2) is 19.0 Å². The lowest BCUT2D eigenvalue weighted by Crippen LogP contribution is -2.01. The second-order valence-corrected chi connectivity index (χ2v) is 6.71. The van der Waals surface area contributed by atoms with Crippen molar-refractivity contribution in [3.63, 3.8) is 0 Å². The van der Waals surface area contributed by atoms with Crippen LogP contribution in [0.15, 0.2) is 72.8 Å². The van der Waals surface area contributed by atoms with Gasteiger partial charge in [0.2, 0.25) is 0 Å². The monoisotopic (exact) mass is 420 g/mol. The van der Waals surface area contributed by atoms with E-state index in [9.17, 15) is 9.18 Å². The Morgan fingerprint density at radius 3 is 2.35 bits per heavy atom. The van der Waals surface area contributed by atoms with E-state index in [0.29, 0.717) is 42.6 Å². The van der Waals surface area contributed by atoms with Gasteiger partial charge >= 0.3 is 0 Å². The molecule has 0 radical (unpaired) electrons. The van der Waals surface area contributed by atoms with Crippen molar-refractivity contribution in [3.8, 4) is 17.2 Å². The number of hydrogen-bond acceptors (Lipinski definition) is 4. The van der Waals surface area contributed by atoms with Crippen LogP contribution in [0.5, 0.6) is 17.2 Å². The summed E-state index contributed by atoms with van der Waals surface area (Å²) in [5.41, 5.74) is 2.22. The van der Waals surface area contributed by atoms with E-state index in [-0.39, 0.29) is 11.6 Å². The minimum Gasteiger partial charge on any atom is -0.490 e. The summed E-state index contributed by atoms with van der Waals surface area (Å²) in [6.45, 7) is 5.35. The number of ketones is 1. The van der Waals surface area contributed by atoms with Gasteiger partial charge in [0.1, 0.15) is 18.2 Å². The molecule has 3 rings (SSSR count). The molecule has 0 saturated heterocycles. The molecule has 4 nitrogen and oxygen atoms in total. The maximum atomic E-state index is 13.0. The van der Waals surface area contributed by atoms with Gasteiger partial charge < -0.3 is 14.2 Å². The number of allylic oxidation sites excluding steroid dienone is 1. The van der Waals surface area contributed by atoms with E-state index in [0.717, 1.165) is 11.1 Å². The number of ether oxygens (including phenoxy) is 3. The quantitative estimate of drug-likeness (QED) is 0.294. The maximum absolute atomic E-state index is 13.0. The summed E-state index contributed by atoms with van der Waals surface area (Å²) < 4.78 is 30.2. The first kappa shape index (κ1) is 22.1. The number of carbonyl (C=O) groups excluding carboxylic acids is 1. The SMILES string of the molecule is CCOc1ccc(COc2cccc(/C=C/C(=O)c3ccc(F)cc3)c2)cc1OCC. The highest BCUT2D eigenvalue weighted by atomic mass is 19.1. The Balaban J connectivity index is 1.64. The molecule has 31 heavy (non-hydrogen) atoms. The van der Waals surface area contributed by atoms with Crippen molar-refractivity contribution in [1.29, 1.82) is 0 Å². The van der Waals surface area contributed by atoms with E-state index in [1.807, 2.05) is 56.3 Å². The molecule has 0 aliphatic heterocycles. The van der Waals surface area contributed by atoms with Gasteiger partial charge in [0.25, 0.3) is 0 Å². The molecule has 5 heteroatoms. The predicted molar refractivity (Wildman–Crippen MR) is 119 cm³/mol. The summed E-state index contributed by atoms with van der Waals surface area (Å²) >= 11 is 0. The second kappa shape index (κ2) is 11.0. The first-order chi connectivity index (χ1) is 15.1. The smallest absolute Gasteiger partial charge is 0.185 e. The molecule has 0 bridgehead atoms. The molecule has 3 aromatic rings. The summed E-state index contributed by atoms with van der Waals surface area (Å²) in [4.78, 5) is 12.2. The molecular weight excluding hydrogens is 395 g/mol. The lowest BCUT2D eigenvalue weighted by atomic mass is 10.1. The van der Waals surface area contributed by atoms with Gasteiger partial charge in [0.15, 0.2) is 17.3 Å². The normalized spacial score (nSPS) is 10.8. The van der Waals surface area contributed by atoms with Crippen LogP contribution in [0.25, 0.3) is 6.08 Å². The average molecular weight is 420 g/mol. The molecule has 0 aliphatic carbocycles. The molecule has 0 unspecified atom stereocenters. The van der Waals surface area contributed by atoms with Crippen molar-refractivity contribution >= 4 is 11.9 Å². The second-order valence-electron chi connectivity index (χ2n) is 6.71. The zero-order valence-electron chi connectivity index (χ0n) is 17.6. The Morgan fingerprint density at radius 1 is 0.871 bits per heavy atom. The minimum absolute atomic E-state index is 0.191. The van der Waals surface area contributed by atoms with Crippen molar-refractivity contribution in [2.45, 2.75) is 20.5 Å². The Labute approximate surface area is 181 Å². The van der Waals surface area contributed by atoms with E-state index in [1.54, 1.807) is 6.08 Å². The molecule has 0 amide bonds. The van der Waals surface area contributed by atoms with E-state index >= 15 is 0 Å².